The molecule has 0 saturated carbocycles. The molecular weight excluding hydrogens is 330 g/mol. The van der Waals surface area contributed by atoms with Crippen molar-refractivity contribution in [2.75, 3.05) is 18.3 Å². The van der Waals surface area contributed by atoms with Crippen LogP contribution in [0.1, 0.15) is 0 Å². The van der Waals surface area contributed by atoms with Crippen molar-refractivity contribution in [1.82, 2.24) is 10.4 Å². The Morgan fingerprint density at radius 1 is 1.26 bits per heavy atom. The molecule has 0 fully saturated rings. The van der Waals surface area contributed by atoms with Crippen molar-refractivity contribution in [1.29, 1.82) is 0 Å². The molecule has 2 N–H and O–H groups in total. The number of fused-ring (bicyclic) bond motifs is 1. The molecule has 0 spiro atoms. The van der Waals surface area contributed by atoms with E-state index in [9.17, 15) is 4.79 Å². The third kappa shape index (κ3) is 4.14. The number of hydrogen-bond acceptors (Lipinski definition) is 6. The lowest BCUT2D eigenvalue weighted by atomic mass is 10.3. The summed E-state index contributed by atoms with van der Waals surface area (Å²) < 4.78 is 6.19. The van der Waals surface area contributed by atoms with Gasteiger partial charge in [-0.05, 0) is 30.3 Å². The second kappa shape index (κ2) is 7.34. The number of ether oxygens (including phenoxy) is 1. The van der Waals surface area contributed by atoms with E-state index in [1.807, 2.05) is 48.5 Å². The summed E-state index contributed by atoms with van der Waals surface area (Å²) >= 11 is 2.95. The van der Waals surface area contributed by atoms with Crippen molar-refractivity contribution >= 4 is 44.4 Å². The van der Waals surface area contributed by atoms with Crippen LogP contribution in [0.25, 0.3) is 10.2 Å². The van der Waals surface area contributed by atoms with Gasteiger partial charge in [-0.3, -0.25) is 15.6 Å². The van der Waals surface area contributed by atoms with Gasteiger partial charge in [0.1, 0.15) is 5.75 Å². The number of methoxy groups -OCH3 is 1. The Balaban J connectivity index is 1.54. The van der Waals surface area contributed by atoms with E-state index in [4.69, 9.17) is 4.74 Å². The van der Waals surface area contributed by atoms with Crippen LogP contribution in [-0.2, 0) is 4.79 Å². The van der Waals surface area contributed by atoms with Crippen LogP contribution in [0.15, 0.2) is 53.4 Å². The van der Waals surface area contributed by atoms with Crippen LogP contribution in [-0.4, -0.2) is 23.8 Å². The van der Waals surface area contributed by atoms with Gasteiger partial charge in [0.25, 0.3) is 0 Å². The number of benzene rings is 2. The number of carbonyl (C=O) groups is 1. The minimum atomic E-state index is -0.101. The Morgan fingerprint density at radius 3 is 2.87 bits per heavy atom. The Kier molecular flexibility index (Phi) is 4.99. The van der Waals surface area contributed by atoms with Crippen molar-refractivity contribution in [3.63, 3.8) is 0 Å². The van der Waals surface area contributed by atoms with E-state index in [1.165, 1.54) is 23.1 Å². The highest BCUT2D eigenvalue weighted by molar-refractivity contribution is 8.00. The van der Waals surface area contributed by atoms with Gasteiger partial charge in [-0.15, -0.1) is 11.8 Å². The van der Waals surface area contributed by atoms with E-state index in [0.717, 1.165) is 20.9 Å². The summed E-state index contributed by atoms with van der Waals surface area (Å²) in [6.07, 6.45) is 0. The highest BCUT2D eigenvalue weighted by atomic mass is 32.2. The third-order valence-electron chi connectivity index (χ3n) is 3.02. The van der Waals surface area contributed by atoms with Crippen LogP contribution in [0, 0.1) is 0 Å². The molecule has 0 atom stereocenters. The summed E-state index contributed by atoms with van der Waals surface area (Å²) in [6.45, 7) is 0. The number of rotatable bonds is 6. The number of thioether (sulfide) groups is 1. The van der Waals surface area contributed by atoms with Crippen molar-refractivity contribution in [3.8, 4) is 5.75 Å². The van der Waals surface area contributed by atoms with E-state index in [0.29, 0.717) is 10.9 Å². The van der Waals surface area contributed by atoms with Gasteiger partial charge in [-0.1, -0.05) is 29.5 Å². The molecule has 0 radical (unpaired) electrons. The van der Waals surface area contributed by atoms with Gasteiger partial charge in [0, 0.05) is 4.90 Å². The number of thiazole rings is 1. The summed E-state index contributed by atoms with van der Waals surface area (Å²) in [7, 11) is 1.63. The van der Waals surface area contributed by atoms with Crippen LogP contribution in [0.3, 0.4) is 0 Å². The fourth-order valence-corrected chi connectivity index (χ4v) is 3.48. The molecule has 0 unspecified atom stereocenters. The maximum absolute atomic E-state index is 11.9. The van der Waals surface area contributed by atoms with Gasteiger partial charge in [0.2, 0.25) is 11.0 Å². The summed E-state index contributed by atoms with van der Waals surface area (Å²) in [5.74, 6) is 1.03. The normalized spacial score (nSPS) is 10.5. The molecule has 1 amide bonds. The van der Waals surface area contributed by atoms with Crippen LogP contribution in [0.5, 0.6) is 5.75 Å². The number of hydrogen-bond donors (Lipinski definition) is 2. The zero-order valence-corrected chi connectivity index (χ0v) is 14.0. The van der Waals surface area contributed by atoms with Crippen LogP contribution in [0.2, 0.25) is 0 Å². The maximum atomic E-state index is 11.9. The number of nitrogens with one attached hydrogen (secondary N) is 2. The molecule has 0 bridgehead atoms. The van der Waals surface area contributed by atoms with Gasteiger partial charge < -0.3 is 4.74 Å². The van der Waals surface area contributed by atoms with E-state index < -0.39 is 0 Å². The van der Waals surface area contributed by atoms with Crippen LogP contribution in [0.4, 0.5) is 5.13 Å². The topological polar surface area (TPSA) is 63.2 Å². The first-order chi connectivity index (χ1) is 11.2. The number of anilines is 1. The molecule has 0 aliphatic heterocycles. The van der Waals surface area contributed by atoms with Crippen molar-refractivity contribution in [2.24, 2.45) is 0 Å². The molecule has 0 aliphatic rings. The molecule has 1 aromatic heterocycles. The van der Waals surface area contributed by atoms with Crippen molar-refractivity contribution in [2.45, 2.75) is 4.90 Å². The summed E-state index contributed by atoms with van der Waals surface area (Å²) in [6, 6.07) is 15.5. The summed E-state index contributed by atoms with van der Waals surface area (Å²) in [5, 5.41) is 0.645. The first-order valence-corrected chi connectivity index (χ1v) is 8.72. The van der Waals surface area contributed by atoms with Gasteiger partial charge in [-0.25, -0.2) is 4.98 Å². The molecule has 1 heterocycles. The van der Waals surface area contributed by atoms with E-state index in [2.05, 4.69) is 15.8 Å². The first-order valence-electron chi connectivity index (χ1n) is 6.92. The molecule has 0 aliphatic carbocycles. The quantitative estimate of drug-likeness (QED) is 0.528. The monoisotopic (exact) mass is 345 g/mol. The predicted molar refractivity (Wildman–Crippen MR) is 95.1 cm³/mol. The average molecular weight is 345 g/mol. The first kappa shape index (κ1) is 15.6. The second-order valence-corrected chi connectivity index (χ2v) is 6.71. The molecule has 0 saturated heterocycles. The van der Waals surface area contributed by atoms with Crippen LogP contribution >= 0.6 is 23.1 Å². The zero-order valence-electron chi connectivity index (χ0n) is 12.4. The van der Waals surface area contributed by atoms with Gasteiger partial charge >= 0.3 is 0 Å². The molecule has 118 valence electrons. The second-order valence-electron chi connectivity index (χ2n) is 4.63. The minimum absolute atomic E-state index is 0.101. The lowest BCUT2D eigenvalue weighted by Gasteiger charge is -2.05. The van der Waals surface area contributed by atoms with Crippen LogP contribution < -0.4 is 15.6 Å². The Hall–Kier alpha value is -2.25. The number of carbonyl (C=O) groups excluding carboxylic acids is 1. The number of nitrogens with zero attached hydrogens (tertiary/aromatic N) is 1. The largest absolute Gasteiger partial charge is 0.497 e. The van der Waals surface area contributed by atoms with Gasteiger partial charge in [-0.2, -0.15) is 0 Å². The molecule has 3 aromatic rings. The SMILES string of the molecule is COc1ccc2nc(NNC(=O)CSc3ccccc3)sc2c1. The fourth-order valence-electron chi connectivity index (χ4n) is 1.91. The lowest BCUT2D eigenvalue weighted by molar-refractivity contribution is -0.118. The average Bonchev–Trinajstić information content (AvgIpc) is 3.01. The highest BCUT2D eigenvalue weighted by Gasteiger charge is 2.07. The highest BCUT2D eigenvalue weighted by Crippen LogP contribution is 2.28. The summed E-state index contributed by atoms with van der Waals surface area (Å²) in [4.78, 5) is 17.3. The van der Waals surface area contributed by atoms with E-state index in [1.54, 1.807) is 7.11 Å². The Bertz CT molecular complexity index is 805. The predicted octanol–water partition coefficient (Wildman–Crippen LogP) is 3.54. The molecule has 2 aromatic carbocycles. The number of amides is 1. The lowest BCUT2D eigenvalue weighted by Crippen LogP contribution is -2.30. The molecule has 7 heteroatoms. The van der Waals surface area contributed by atoms with Gasteiger partial charge in [0.05, 0.1) is 23.1 Å². The number of hydrazine groups is 1. The number of aromatic nitrogens is 1. The summed E-state index contributed by atoms with van der Waals surface area (Å²) in [5.41, 5.74) is 6.39. The molecule has 5 nitrogen and oxygen atoms in total. The van der Waals surface area contributed by atoms with Gasteiger partial charge in [0.15, 0.2) is 0 Å². The fraction of sp³-hybridized carbons (Fsp3) is 0.125. The van der Waals surface area contributed by atoms with Crippen molar-refractivity contribution in [3.05, 3.63) is 48.5 Å². The molecular formula is C16H15N3O2S2. The van der Waals surface area contributed by atoms with Crippen molar-refractivity contribution < 1.29 is 9.53 Å². The Morgan fingerprint density at radius 2 is 2.09 bits per heavy atom. The zero-order chi connectivity index (χ0) is 16.1. The maximum Gasteiger partial charge on any atom is 0.248 e. The molecule has 23 heavy (non-hydrogen) atoms. The molecule has 3 rings (SSSR count). The Labute approximate surface area is 142 Å². The van der Waals surface area contributed by atoms with E-state index >= 15 is 0 Å². The standard InChI is InChI=1S/C16H15N3O2S2/c1-21-11-7-8-13-14(9-11)23-16(17-13)19-18-15(20)10-22-12-5-3-2-4-6-12/h2-9H,10H2,1H3,(H,17,19)(H,18,20). The minimum Gasteiger partial charge on any atom is -0.497 e. The third-order valence-corrected chi connectivity index (χ3v) is 4.96. The van der Waals surface area contributed by atoms with E-state index in [-0.39, 0.29) is 5.91 Å². The smallest absolute Gasteiger partial charge is 0.248 e.